The van der Waals surface area contributed by atoms with E-state index in [1.54, 1.807) is 0 Å². The number of nitrogens with zero attached hydrogens (tertiary/aromatic N) is 1. The Morgan fingerprint density at radius 2 is 2.05 bits per heavy atom. The molecule has 6 heteroatoms. The molecule has 2 amide bonds. The normalized spacial score (nSPS) is 32.5. The molecule has 2 heterocycles. The molecule has 0 saturated carbocycles. The molecule has 0 aromatic rings. The quantitative estimate of drug-likeness (QED) is 0.815. The summed E-state index contributed by atoms with van der Waals surface area (Å²) in [6.07, 6.45) is 2.91. The minimum Gasteiger partial charge on any atom is -0.480 e. The molecule has 0 spiro atoms. The van der Waals surface area contributed by atoms with Gasteiger partial charge in [0, 0.05) is 19.2 Å². The van der Waals surface area contributed by atoms with Crippen molar-refractivity contribution >= 4 is 12.0 Å². The lowest BCUT2D eigenvalue weighted by Crippen LogP contribution is -2.56. The number of rotatable bonds is 2. The van der Waals surface area contributed by atoms with Gasteiger partial charge in [0.15, 0.2) is 0 Å². The molecule has 0 bridgehead atoms. The van der Waals surface area contributed by atoms with Crippen molar-refractivity contribution < 1.29 is 19.4 Å². The minimum absolute atomic E-state index is 0.0510. The molecule has 6 nitrogen and oxygen atoms in total. The zero-order valence-electron chi connectivity index (χ0n) is 13.1. The molecule has 0 aliphatic carbocycles. The van der Waals surface area contributed by atoms with Crippen LogP contribution in [-0.2, 0) is 9.53 Å². The fourth-order valence-electron chi connectivity index (χ4n) is 3.23. The lowest BCUT2D eigenvalue weighted by molar-refractivity contribution is -0.144. The van der Waals surface area contributed by atoms with Gasteiger partial charge in [0.1, 0.15) is 6.04 Å². The molecule has 2 saturated heterocycles. The van der Waals surface area contributed by atoms with E-state index in [4.69, 9.17) is 4.74 Å². The van der Waals surface area contributed by atoms with Crippen LogP contribution in [-0.4, -0.2) is 52.8 Å². The zero-order chi connectivity index (χ0) is 15.6. The number of likely N-dealkylation sites (tertiary alicyclic amines) is 1. The lowest BCUT2D eigenvalue weighted by Gasteiger charge is -2.39. The highest BCUT2D eigenvalue weighted by atomic mass is 16.5. The first-order valence-electron chi connectivity index (χ1n) is 7.72. The molecule has 2 fully saturated rings. The maximum atomic E-state index is 12.4. The molecule has 0 aromatic carbocycles. The van der Waals surface area contributed by atoms with E-state index in [0.29, 0.717) is 25.5 Å². The smallest absolute Gasteiger partial charge is 0.326 e. The monoisotopic (exact) mass is 298 g/mol. The van der Waals surface area contributed by atoms with Crippen molar-refractivity contribution in [3.8, 4) is 0 Å². The van der Waals surface area contributed by atoms with Gasteiger partial charge in [-0.1, -0.05) is 6.92 Å². The van der Waals surface area contributed by atoms with Crippen molar-refractivity contribution in [3.63, 3.8) is 0 Å². The Bertz CT molecular complexity index is 410. The highest BCUT2D eigenvalue weighted by Crippen LogP contribution is 2.26. The lowest BCUT2D eigenvalue weighted by atomic mass is 9.92. The highest BCUT2D eigenvalue weighted by molar-refractivity contribution is 5.83. The van der Waals surface area contributed by atoms with Crippen LogP contribution in [0.25, 0.3) is 0 Å². The highest BCUT2D eigenvalue weighted by Gasteiger charge is 2.36. The first-order chi connectivity index (χ1) is 9.78. The number of urea groups is 1. The molecule has 3 atom stereocenters. The van der Waals surface area contributed by atoms with Crippen molar-refractivity contribution in [2.75, 3.05) is 13.2 Å². The SMILES string of the molecule is CC1CCN(C(=O)NC2CCOC(C)(C)C2)C(C(=O)O)C1. The van der Waals surface area contributed by atoms with Gasteiger partial charge in [0.2, 0.25) is 0 Å². The van der Waals surface area contributed by atoms with E-state index in [1.807, 2.05) is 20.8 Å². The van der Waals surface area contributed by atoms with E-state index in [2.05, 4.69) is 5.32 Å². The van der Waals surface area contributed by atoms with Gasteiger partial charge in [-0.25, -0.2) is 9.59 Å². The van der Waals surface area contributed by atoms with Crippen LogP contribution in [0.4, 0.5) is 4.79 Å². The minimum atomic E-state index is -0.913. The van der Waals surface area contributed by atoms with Gasteiger partial charge in [-0.2, -0.15) is 0 Å². The van der Waals surface area contributed by atoms with E-state index in [0.717, 1.165) is 19.3 Å². The number of carbonyl (C=O) groups excluding carboxylic acids is 1. The predicted molar refractivity (Wildman–Crippen MR) is 78.1 cm³/mol. The maximum Gasteiger partial charge on any atom is 0.326 e. The van der Waals surface area contributed by atoms with Crippen molar-refractivity contribution in [2.24, 2.45) is 5.92 Å². The summed E-state index contributed by atoms with van der Waals surface area (Å²) in [7, 11) is 0. The number of carbonyl (C=O) groups is 2. The van der Waals surface area contributed by atoms with E-state index < -0.39 is 12.0 Å². The van der Waals surface area contributed by atoms with Crippen LogP contribution in [0.15, 0.2) is 0 Å². The molecule has 120 valence electrons. The Morgan fingerprint density at radius 1 is 1.33 bits per heavy atom. The van der Waals surface area contributed by atoms with Crippen LogP contribution >= 0.6 is 0 Å². The van der Waals surface area contributed by atoms with Crippen LogP contribution < -0.4 is 5.32 Å². The van der Waals surface area contributed by atoms with Gasteiger partial charge in [-0.05, 0) is 45.4 Å². The molecule has 0 aromatic heterocycles. The second-order valence-corrected chi connectivity index (χ2v) is 6.92. The maximum absolute atomic E-state index is 12.4. The number of ether oxygens (including phenoxy) is 1. The third kappa shape index (κ3) is 4.09. The van der Waals surface area contributed by atoms with Crippen molar-refractivity contribution in [3.05, 3.63) is 0 Å². The number of carboxylic acid groups (broad SMARTS) is 1. The molecule has 3 unspecified atom stereocenters. The molecular formula is C15H26N2O4. The average Bonchev–Trinajstić information content (AvgIpc) is 2.37. The Balaban J connectivity index is 1.96. The molecule has 2 N–H and O–H groups in total. The molecule has 2 rings (SSSR count). The summed E-state index contributed by atoms with van der Waals surface area (Å²) in [5.41, 5.74) is -0.237. The van der Waals surface area contributed by atoms with Gasteiger partial charge < -0.3 is 20.1 Å². The second-order valence-electron chi connectivity index (χ2n) is 6.92. The fraction of sp³-hybridized carbons (Fsp3) is 0.867. The third-order valence-corrected chi connectivity index (χ3v) is 4.44. The standard InChI is InChI=1S/C15H26N2O4/c1-10-4-6-17(12(8-10)13(18)19)14(20)16-11-5-7-21-15(2,3)9-11/h10-12H,4-9H2,1-3H3,(H,16,20)(H,18,19). The molecule has 2 aliphatic heterocycles. The molecule has 0 radical (unpaired) electrons. The summed E-state index contributed by atoms with van der Waals surface area (Å²) in [6.45, 7) is 7.18. The topological polar surface area (TPSA) is 78.9 Å². The molecular weight excluding hydrogens is 272 g/mol. The van der Waals surface area contributed by atoms with Gasteiger partial charge in [-0.3, -0.25) is 0 Å². The largest absolute Gasteiger partial charge is 0.480 e. The number of piperidine rings is 1. The zero-order valence-corrected chi connectivity index (χ0v) is 13.1. The fourth-order valence-corrected chi connectivity index (χ4v) is 3.23. The summed E-state index contributed by atoms with van der Waals surface area (Å²) >= 11 is 0. The van der Waals surface area contributed by atoms with Gasteiger partial charge in [0.05, 0.1) is 5.60 Å². The van der Waals surface area contributed by atoms with Gasteiger partial charge in [0.25, 0.3) is 0 Å². The first kappa shape index (κ1) is 16.1. The van der Waals surface area contributed by atoms with Crippen molar-refractivity contribution in [1.82, 2.24) is 10.2 Å². The van der Waals surface area contributed by atoms with Gasteiger partial charge in [-0.15, -0.1) is 0 Å². The predicted octanol–water partition coefficient (Wildman–Crippen LogP) is 1.84. The summed E-state index contributed by atoms with van der Waals surface area (Å²) in [6, 6.07) is -0.909. The third-order valence-electron chi connectivity index (χ3n) is 4.44. The molecule has 21 heavy (non-hydrogen) atoms. The Labute approximate surface area is 125 Å². The van der Waals surface area contributed by atoms with E-state index in [9.17, 15) is 14.7 Å². The number of aliphatic carboxylic acids is 1. The van der Waals surface area contributed by atoms with E-state index in [-0.39, 0.29) is 17.7 Å². The van der Waals surface area contributed by atoms with Crippen LogP contribution in [0.3, 0.4) is 0 Å². The van der Waals surface area contributed by atoms with E-state index in [1.165, 1.54) is 4.90 Å². The van der Waals surface area contributed by atoms with Crippen LogP contribution in [0.2, 0.25) is 0 Å². The number of hydrogen-bond acceptors (Lipinski definition) is 3. The van der Waals surface area contributed by atoms with Crippen LogP contribution in [0, 0.1) is 5.92 Å². The Hall–Kier alpha value is -1.30. The summed E-state index contributed by atoms with van der Waals surface area (Å²) < 4.78 is 5.64. The Morgan fingerprint density at radius 3 is 2.67 bits per heavy atom. The van der Waals surface area contributed by atoms with Crippen molar-refractivity contribution in [2.45, 2.75) is 64.1 Å². The Kier molecular flexibility index (Phi) is 4.76. The first-order valence-corrected chi connectivity index (χ1v) is 7.72. The second kappa shape index (κ2) is 6.22. The average molecular weight is 298 g/mol. The number of amides is 2. The number of hydrogen-bond donors (Lipinski definition) is 2. The van der Waals surface area contributed by atoms with Crippen LogP contribution in [0.5, 0.6) is 0 Å². The summed E-state index contributed by atoms with van der Waals surface area (Å²) in [5, 5.41) is 12.3. The van der Waals surface area contributed by atoms with Crippen molar-refractivity contribution in [1.29, 1.82) is 0 Å². The van der Waals surface area contributed by atoms with Crippen LogP contribution in [0.1, 0.15) is 46.5 Å². The summed E-state index contributed by atoms with van der Waals surface area (Å²) in [4.78, 5) is 25.3. The van der Waals surface area contributed by atoms with Gasteiger partial charge >= 0.3 is 12.0 Å². The number of carboxylic acids is 1. The van der Waals surface area contributed by atoms with E-state index >= 15 is 0 Å². The molecule has 2 aliphatic rings. The summed E-state index contributed by atoms with van der Waals surface area (Å²) in [5.74, 6) is -0.568. The number of nitrogens with one attached hydrogen (secondary N) is 1.